The average molecular weight is 361 g/mol. The number of benzene rings is 1. The van der Waals surface area contributed by atoms with Gasteiger partial charge in [0.15, 0.2) is 5.96 Å². The molecule has 1 aliphatic heterocycles. The summed E-state index contributed by atoms with van der Waals surface area (Å²) in [5.41, 5.74) is 1.18. The molecular formula is C21H36N4O. The molecule has 1 aromatic rings. The molecule has 5 nitrogen and oxygen atoms in total. The van der Waals surface area contributed by atoms with Crippen LogP contribution in [0.4, 0.5) is 0 Å². The number of hydrogen-bond donors (Lipinski definition) is 2. The van der Waals surface area contributed by atoms with Gasteiger partial charge in [0, 0.05) is 32.7 Å². The zero-order valence-electron chi connectivity index (χ0n) is 16.8. The van der Waals surface area contributed by atoms with Gasteiger partial charge in [-0.05, 0) is 50.8 Å². The van der Waals surface area contributed by atoms with Crippen LogP contribution in [0.2, 0.25) is 0 Å². The van der Waals surface area contributed by atoms with Gasteiger partial charge in [0.1, 0.15) is 5.75 Å². The fourth-order valence-corrected chi connectivity index (χ4v) is 3.25. The van der Waals surface area contributed by atoms with Gasteiger partial charge in [-0.15, -0.1) is 0 Å². The number of hydrogen-bond acceptors (Lipinski definition) is 3. The van der Waals surface area contributed by atoms with Crippen molar-refractivity contribution in [2.45, 2.75) is 52.0 Å². The minimum Gasteiger partial charge on any atom is -0.493 e. The molecule has 1 saturated heterocycles. The molecule has 5 heteroatoms. The van der Waals surface area contributed by atoms with E-state index in [1.54, 1.807) is 0 Å². The minimum absolute atomic E-state index is 0.530. The summed E-state index contributed by atoms with van der Waals surface area (Å²) in [7, 11) is 1.84. The quantitative estimate of drug-likeness (QED) is 0.403. The van der Waals surface area contributed by atoms with Crippen LogP contribution in [0.25, 0.3) is 0 Å². The van der Waals surface area contributed by atoms with Crippen molar-refractivity contribution in [1.82, 2.24) is 15.5 Å². The number of aliphatic imine (C=N–C) groups is 1. The number of nitrogens with zero attached hydrogens (tertiary/aromatic N) is 2. The number of guanidine groups is 1. The third-order valence-corrected chi connectivity index (χ3v) is 4.94. The van der Waals surface area contributed by atoms with E-state index in [0.717, 1.165) is 24.7 Å². The highest BCUT2D eigenvalue weighted by Crippen LogP contribution is 2.16. The van der Waals surface area contributed by atoms with Crippen molar-refractivity contribution in [2.24, 2.45) is 4.99 Å². The number of nitrogens with one attached hydrogen (secondary N) is 2. The summed E-state index contributed by atoms with van der Waals surface area (Å²) >= 11 is 0. The van der Waals surface area contributed by atoms with Crippen LogP contribution in [0.5, 0.6) is 5.75 Å². The number of ether oxygens (including phenoxy) is 1. The van der Waals surface area contributed by atoms with Crippen LogP contribution in [-0.4, -0.2) is 56.7 Å². The normalized spacial score (nSPS) is 16.5. The van der Waals surface area contributed by atoms with Gasteiger partial charge in [0.05, 0.1) is 6.61 Å². The minimum atomic E-state index is 0.530. The molecule has 0 aromatic heterocycles. The SMILES string of the molecule is CCCCN1CCC(NC(=NC)NCCCOc2ccccc2C)CC1. The second kappa shape index (κ2) is 11.8. The summed E-state index contributed by atoms with van der Waals surface area (Å²) in [5.74, 6) is 1.89. The van der Waals surface area contributed by atoms with E-state index < -0.39 is 0 Å². The highest BCUT2D eigenvalue weighted by molar-refractivity contribution is 5.79. The zero-order chi connectivity index (χ0) is 18.6. The Morgan fingerprint density at radius 1 is 1.23 bits per heavy atom. The maximum Gasteiger partial charge on any atom is 0.191 e. The fourth-order valence-electron chi connectivity index (χ4n) is 3.25. The number of rotatable bonds is 9. The molecule has 1 fully saturated rings. The first-order valence-electron chi connectivity index (χ1n) is 10.1. The van der Waals surface area contributed by atoms with Crippen LogP contribution in [0.15, 0.2) is 29.3 Å². The lowest BCUT2D eigenvalue weighted by atomic mass is 10.0. The Bertz CT molecular complexity index is 539. The molecule has 1 aliphatic rings. The lowest BCUT2D eigenvalue weighted by molar-refractivity contribution is 0.203. The second-order valence-corrected chi connectivity index (χ2v) is 7.08. The van der Waals surface area contributed by atoms with Crippen LogP contribution in [0, 0.1) is 6.92 Å². The van der Waals surface area contributed by atoms with Gasteiger partial charge in [-0.3, -0.25) is 4.99 Å². The fraction of sp³-hybridized carbons (Fsp3) is 0.667. The lowest BCUT2D eigenvalue weighted by Crippen LogP contribution is -2.49. The molecule has 1 aromatic carbocycles. The molecule has 26 heavy (non-hydrogen) atoms. The zero-order valence-corrected chi connectivity index (χ0v) is 16.8. The van der Waals surface area contributed by atoms with Crippen molar-refractivity contribution in [3.63, 3.8) is 0 Å². The van der Waals surface area contributed by atoms with E-state index >= 15 is 0 Å². The summed E-state index contributed by atoms with van der Waals surface area (Å²) in [4.78, 5) is 6.94. The molecule has 0 unspecified atom stereocenters. The maximum absolute atomic E-state index is 5.84. The van der Waals surface area contributed by atoms with Crippen LogP contribution >= 0.6 is 0 Å². The number of likely N-dealkylation sites (tertiary alicyclic amines) is 1. The summed E-state index contributed by atoms with van der Waals surface area (Å²) in [6.45, 7) is 9.55. The molecule has 2 N–H and O–H groups in total. The lowest BCUT2D eigenvalue weighted by Gasteiger charge is -2.33. The Balaban J connectivity index is 1.59. The molecule has 0 amide bonds. The molecule has 0 bridgehead atoms. The molecule has 0 radical (unpaired) electrons. The van der Waals surface area contributed by atoms with Crippen molar-refractivity contribution >= 4 is 5.96 Å². The standard InChI is InChI=1S/C21H36N4O/c1-4-5-14-25-15-11-19(12-16-25)24-21(22-3)23-13-8-17-26-20-10-7-6-9-18(20)2/h6-7,9-10,19H,4-5,8,11-17H2,1-3H3,(H2,22,23,24). The molecule has 0 atom stereocenters. The van der Waals surface area contributed by atoms with Crippen molar-refractivity contribution in [3.05, 3.63) is 29.8 Å². The van der Waals surface area contributed by atoms with Gasteiger partial charge in [-0.2, -0.15) is 0 Å². The van der Waals surface area contributed by atoms with E-state index in [9.17, 15) is 0 Å². The van der Waals surface area contributed by atoms with Crippen LogP contribution in [-0.2, 0) is 0 Å². The number of unbranched alkanes of at least 4 members (excludes halogenated alkanes) is 1. The van der Waals surface area contributed by atoms with Gasteiger partial charge < -0.3 is 20.3 Å². The highest BCUT2D eigenvalue weighted by Gasteiger charge is 2.19. The molecule has 1 heterocycles. The van der Waals surface area contributed by atoms with Gasteiger partial charge in [0.25, 0.3) is 0 Å². The average Bonchev–Trinajstić information content (AvgIpc) is 2.67. The third kappa shape index (κ3) is 7.24. The number of aryl methyl sites for hydroxylation is 1. The predicted molar refractivity (Wildman–Crippen MR) is 110 cm³/mol. The van der Waals surface area contributed by atoms with E-state index in [0.29, 0.717) is 12.6 Å². The van der Waals surface area contributed by atoms with Crippen LogP contribution < -0.4 is 15.4 Å². The summed E-state index contributed by atoms with van der Waals surface area (Å²) in [5, 5.41) is 6.98. The molecule has 2 rings (SSSR count). The predicted octanol–water partition coefficient (Wildman–Crippen LogP) is 3.19. The smallest absolute Gasteiger partial charge is 0.191 e. The van der Waals surface area contributed by atoms with Crippen molar-refractivity contribution in [1.29, 1.82) is 0 Å². The van der Waals surface area contributed by atoms with E-state index in [4.69, 9.17) is 4.74 Å². The van der Waals surface area contributed by atoms with Crippen molar-refractivity contribution in [2.75, 3.05) is 39.8 Å². The Morgan fingerprint density at radius 3 is 2.69 bits per heavy atom. The van der Waals surface area contributed by atoms with Gasteiger partial charge in [0.2, 0.25) is 0 Å². The van der Waals surface area contributed by atoms with Crippen molar-refractivity contribution < 1.29 is 4.74 Å². The van der Waals surface area contributed by atoms with Crippen LogP contribution in [0.3, 0.4) is 0 Å². The second-order valence-electron chi connectivity index (χ2n) is 7.08. The Morgan fingerprint density at radius 2 is 2.00 bits per heavy atom. The third-order valence-electron chi connectivity index (χ3n) is 4.94. The first kappa shape index (κ1) is 20.6. The summed E-state index contributed by atoms with van der Waals surface area (Å²) in [6, 6.07) is 8.68. The number of para-hydroxylation sites is 1. The Hall–Kier alpha value is -1.75. The molecule has 0 spiro atoms. The summed E-state index contributed by atoms with van der Waals surface area (Å²) < 4.78 is 5.84. The molecular weight excluding hydrogens is 324 g/mol. The van der Waals surface area contributed by atoms with Gasteiger partial charge in [-0.1, -0.05) is 31.5 Å². The van der Waals surface area contributed by atoms with E-state index in [1.807, 2.05) is 25.2 Å². The largest absolute Gasteiger partial charge is 0.493 e. The molecule has 0 aliphatic carbocycles. The van der Waals surface area contributed by atoms with Gasteiger partial charge in [-0.25, -0.2) is 0 Å². The van der Waals surface area contributed by atoms with Gasteiger partial charge >= 0.3 is 0 Å². The Kier molecular flexibility index (Phi) is 9.32. The van der Waals surface area contributed by atoms with E-state index in [1.165, 1.54) is 50.9 Å². The monoisotopic (exact) mass is 360 g/mol. The Labute approximate surface area is 159 Å². The maximum atomic E-state index is 5.84. The number of piperidine rings is 1. The first-order valence-corrected chi connectivity index (χ1v) is 10.1. The van der Waals surface area contributed by atoms with Crippen molar-refractivity contribution in [3.8, 4) is 5.75 Å². The summed E-state index contributed by atoms with van der Waals surface area (Å²) in [6.07, 6.45) is 5.93. The molecule has 0 saturated carbocycles. The van der Waals surface area contributed by atoms with E-state index in [2.05, 4.69) is 40.4 Å². The van der Waals surface area contributed by atoms with Crippen LogP contribution in [0.1, 0.15) is 44.6 Å². The highest BCUT2D eigenvalue weighted by atomic mass is 16.5. The first-order chi connectivity index (χ1) is 12.7. The van der Waals surface area contributed by atoms with E-state index in [-0.39, 0.29) is 0 Å². The topological polar surface area (TPSA) is 48.9 Å². The molecule has 146 valence electrons.